The Labute approximate surface area is 140 Å². The second kappa shape index (κ2) is 6.17. The van der Waals surface area contributed by atoms with Crippen molar-refractivity contribution >= 4 is 11.5 Å². The first kappa shape index (κ1) is 15.0. The number of ketones is 1. The number of hydrogen-bond acceptors (Lipinski definition) is 5. The fourth-order valence-electron chi connectivity index (χ4n) is 2.87. The highest BCUT2D eigenvalue weighted by molar-refractivity contribution is 6.16. The lowest BCUT2D eigenvalue weighted by Crippen LogP contribution is -2.24. The molecule has 5 heteroatoms. The summed E-state index contributed by atoms with van der Waals surface area (Å²) in [6, 6.07) is 7.76. The van der Waals surface area contributed by atoms with Crippen molar-refractivity contribution in [3.05, 3.63) is 47.8 Å². The highest BCUT2D eigenvalue weighted by atomic mass is 16.5. The molecule has 0 spiro atoms. The Balaban J connectivity index is 1.66. The van der Waals surface area contributed by atoms with Crippen LogP contribution in [0.25, 0.3) is 11.1 Å². The largest absolute Gasteiger partial charge is 0.492 e. The monoisotopic (exact) mass is 321 g/mol. The number of rotatable bonds is 5. The van der Waals surface area contributed by atoms with Crippen molar-refractivity contribution in [3.63, 3.8) is 0 Å². The maximum atomic E-state index is 12.0. The highest BCUT2D eigenvalue weighted by Crippen LogP contribution is 2.31. The number of carbonyl (C=O) groups is 1. The summed E-state index contributed by atoms with van der Waals surface area (Å²) in [6.07, 6.45) is 6.05. The van der Waals surface area contributed by atoms with Gasteiger partial charge in [-0.15, -0.1) is 0 Å². The predicted molar refractivity (Wildman–Crippen MR) is 92.7 cm³/mol. The maximum Gasteiger partial charge on any atom is 0.184 e. The third kappa shape index (κ3) is 2.95. The van der Waals surface area contributed by atoms with E-state index < -0.39 is 0 Å². The number of carbonyl (C=O) groups excluding carboxylic acids is 1. The smallest absolute Gasteiger partial charge is 0.184 e. The Kier molecular flexibility index (Phi) is 3.86. The lowest BCUT2D eigenvalue weighted by atomic mass is 9.93. The number of nitrogens with two attached hydrogens (primary N) is 1. The Hall–Kier alpha value is -2.53. The van der Waals surface area contributed by atoms with E-state index >= 15 is 0 Å². The highest BCUT2D eigenvalue weighted by Gasteiger charge is 2.22. The number of aromatic nitrogens is 1. The van der Waals surface area contributed by atoms with E-state index in [-0.39, 0.29) is 12.3 Å². The van der Waals surface area contributed by atoms with Gasteiger partial charge in [-0.3, -0.25) is 14.8 Å². The molecular formula is C19H19N3O2. The van der Waals surface area contributed by atoms with Crippen LogP contribution in [0.15, 0.2) is 41.7 Å². The summed E-state index contributed by atoms with van der Waals surface area (Å²) >= 11 is 0. The first-order valence-corrected chi connectivity index (χ1v) is 8.24. The van der Waals surface area contributed by atoms with Gasteiger partial charge < -0.3 is 10.5 Å². The number of ether oxygens (including phenoxy) is 1. The minimum atomic E-state index is 0.0355. The van der Waals surface area contributed by atoms with Crippen LogP contribution in [0.4, 0.5) is 0 Å². The van der Waals surface area contributed by atoms with Crippen LogP contribution in [0.5, 0.6) is 5.75 Å². The molecule has 1 aromatic carbocycles. The third-order valence-electron chi connectivity index (χ3n) is 4.47. The van der Waals surface area contributed by atoms with Gasteiger partial charge in [0.2, 0.25) is 0 Å². The number of benzene rings is 1. The molecule has 24 heavy (non-hydrogen) atoms. The molecule has 2 aliphatic rings. The zero-order chi connectivity index (χ0) is 16.5. The van der Waals surface area contributed by atoms with E-state index in [0.29, 0.717) is 18.0 Å². The summed E-state index contributed by atoms with van der Waals surface area (Å²) in [7, 11) is 0. The molecule has 4 rings (SSSR count). The van der Waals surface area contributed by atoms with Crippen molar-refractivity contribution < 1.29 is 9.53 Å². The van der Waals surface area contributed by atoms with Crippen molar-refractivity contribution in [3.8, 4) is 16.9 Å². The summed E-state index contributed by atoms with van der Waals surface area (Å²) in [5.41, 5.74) is 10.0. The molecule has 1 saturated carbocycles. The van der Waals surface area contributed by atoms with Crippen LogP contribution in [0.3, 0.4) is 0 Å². The van der Waals surface area contributed by atoms with Crippen molar-refractivity contribution in [1.82, 2.24) is 4.98 Å². The predicted octanol–water partition coefficient (Wildman–Crippen LogP) is 2.48. The summed E-state index contributed by atoms with van der Waals surface area (Å²) in [5, 5.41) is 0. The number of pyridine rings is 1. The quantitative estimate of drug-likeness (QED) is 0.918. The lowest BCUT2D eigenvalue weighted by Gasteiger charge is -2.16. The topological polar surface area (TPSA) is 77.6 Å². The fourth-order valence-corrected chi connectivity index (χ4v) is 2.87. The van der Waals surface area contributed by atoms with Crippen molar-refractivity contribution in [2.75, 3.05) is 19.7 Å². The summed E-state index contributed by atoms with van der Waals surface area (Å²) in [4.78, 5) is 20.6. The Morgan fingerprint density at radius 2 is 2.00 bits per heavy atom. The van der Waals surface area contributed by atoms with Crippen molar-refractivity contribution in [1.29, 1.82) is 0 Å². The van der Waals surface area contributed by atoms with E-state index in [2.05, 4.69) is 9.98 Å². The van der Waals surface area contributed by atoms with Gasteiger partial charge in [-0.25, -0.2) is 0 Å². The van der Waals surface area contributed by atoms with E-state index in [4.69, 9.17) is 10.5 Å². The number of aliphatic imine (C=N–C) groups is 1. The van der Waals surface area contributed by atoms with Crippen LogP contribution < -0.4 is 10.5 Å². The standard InChI is InChI=1S/C19H19N3O2/c20-7-18-17-6-13(3-4-16(17)19(23)10-22-18)14-5-15(9-21-8-14)24-11-12-1-2-12/h3-6,8-9,12H,1-2,7,10-11,20H2. The number of Topliss-reactive ketones (excluding diaryl/α,β-unsaturated/α-hetero) is 1. The molecule has 0 bridgehead atoms. The first-order valence-electron chi connectivity index (χ1n) is 8.24. The molecule has 0 radical (unpaired) electrons. The van der Waals surface area contributed by atoms with Crippen LogP contribution in [0.2, 0.25) is 0 Å². The van der Waals surface area contributed by atoms with Crippen LogP contribution in [-0.2, 0) is 0 Å². The average molecular weight is 321 g/mol. The molecule has 5 nitrogen and oxygen atoms in total. The molecule has 2 N–H and O–H groups in total. The second-order valence-electron chi connectivity index (χ2n) is 6.31. The normalized spacial score (nSPS) is 16.5. The van der Waals surface area contributed by atoms with Gasteiger partial charge in [-0.05, 0) is 36.5 Å². The van der Waals surface area contributed by atoms with E-state index in [0.717, 1.165) is 34.8 Å². The molecule has 1 aliphatic heterocycles. The van der Waals surface area contributed by atoms with E-state index in [1.807, 2.05) is 24.3 Å². The lowest BCUT2D eigenvalue weighted by molar-refractivity contribution is 0.1000. The number of fused-ring (bicyclic) bond motifs is 1. The van der Waals surface area contributed by atoms with E-state index in [9.17, 15) is 4.79 Å². The van der Waals surface area contributed by atoms with Crippen LogP contribution in [-0.4, -0.2) is 36.2 Å². The molecule has 122 valence electrons. The van der Waals surface area contributed by atoms with E-state index in [1.165, 1.54) is 12.8 Å². The third-order valence-corrected chi connectivity index (χ3v) is 4.47. The summed E-state index contributed by atoms with van der Waals surface area (Å²) in [6.45, 7) is 1.27. The van der Waals surface area contributed by atoms with Gasteiger partial charge >= 0.3 is 0 Å². The SMILES string of the molecule is NCC1=NCC(=O)c2ccc(-c3cncc(OCC4CC4)c3)cc21. The zero-order valence-corrected chi connectivity index (χ0v) is 13.4. The first-order chi connectivity index (χ1) is 11.7. The maximum absolute atomic E-state index is 12.0. The van der Waals surface area contributed by atoms with Gasteiger partial charge in [0.05, 0.1) is 18.5 Å². The van der Waals surface area contributed by atoms with Gasteiger partial charge in [0.1, 0.15) is 12.3 Å². The van der Waals surface area contributed by atoms with Gasteiger partial charge in [0.15, 0.2) is 5.78 Å². The van der Waals surface area contributed by atoms with E-state index in [1.54, 1.807) is 12.4 Å². The molecule has 1 aromatic heterocycles. The number of nitrogens with zero attached hydrogens (tertiary/aromatic N) is 2. The molecule has 1 fully saturated rings. The molecular weight excluding hydrogens is 302 g/mol. The fraction of sp³-hybridized carbons (Fsp3) is 0.316. The Bertz CT molecular complexity index is 825. The van der Waals surface area contributed by atoms with Gasteiger partial charge in [-0.1, -0.05) is 12.1 Å². The molecule has 0 unspecified atom stereocenters. The van der Waals surface area contributed by atoms with Gasteiger partial charge in [0, 0.05) is 29.4 Å². The molecule has 1 aliphatic carbocycles. The molecule has 0 atom stereocenters. The Morgan fingerprint density at radius 1 is 1.12 bits per heavy atom. The van der Waals surface area contributed by atoms with Crippen molar-refractivity contribution in [2.24, 2.45) is 16.6 Å². The minimum absolute atomic E-state index is 0.0355. The van der Waals surface area contributed by atoms with Crippen LogP contribution in [0.1, 0.15) is 28.8 Å². The minimum Gasteiger partial charge on any atom is -0.492 e. The van der Waals surface area contributed by atoms with Gasteiger partial charge in [-0.2, -0.15) is 0 Å². The van der Waals surface area contributed by atoms with Crippen LogP contribution in [0, 0.1) is 5.92 Å². The average Bonchev–Trinajstić information content (AvgIpc) is 3.45. The van der Waals surface area contributed by atoms with Gasteiger partial charge in [0.25, 0.3) is 0 Å². The zero-order valence-electron chi connectivity index (χ0n) is 13.4. The Morgan fingerprint density at radius 3 is 2.79 bits per heavy atom. The molecule has 2 heterocycles. The van der Waals surface area contributed by atoms with Crippen molar-refractivity contribution in [2.45, 2.75) is 12.8 Å². The summed E-state index contributed by atoms with van der Waals surface area (Å²) < 4.78 is 5.80. The summed E-state index contributed by atoms with van der Waals surface area (Å²) in [5.74, 6) is 1.51. The molecule has 0 amide bonds. The van der Waals surface area contributed by atoms with Crippen LogP contribution >= 0.6 is 0 Å². The number of hydrogen-bond donors (Lipinski definition) is 1. The molecule has 2 aromatic rings. The second-order valence-corrected chi connectivity index (χ2v) is 6.31. The molecule has 0 saturated heterocycles.